The number of carbonyl (C=O) groups excluding carboxylic acids is 2. The predicted octanol–water partition coefficient (Wildman–Crippen LogP) is 6.04. The van der Waals surface area contributed by atoms with E-state index in [4.69, 9.17) is 4.74 Å². The van der Waals surface area contributed by atoms with Crippen LogP contribution in [0, 0.1) is 12.7 Å². The molecule has 8 nitrogen and oxygen atoms in total. The van der Waals surface area contributed by atoms with Gasteiger partial charge in [-0.05, 0) is 55.7 Å². The summed E-state index contributed by atoms with van der Waals surface area (Å²) in [5.74, 6) is -1.15. The van der Waals surface area contributed by atoms with Gasteiger partial charge in [-0.15, -0.1) is 0 Å². The molecular formula is C37H40FN3O5S. The fraction of sp³-hybridized carbons (Fsp3) is 0.297. The fourth-order valence-electron chi connectivity index (χ4n) is 5.86. The Hall–Kier alpha value is -4.70. The molecule has 1 saturated carbocycles. The first-order valence-electron chi connectivity index (χ1n) is 15.8. The molecule has 1 aliphatic rings. The van der Waals surface area contributed by atoms with Crippen LogP contribution in [0.5, 0.6) is 5.75 Å². The number of aryl methyl sites for hydroxylation is 1. The molecule has 1 aliphatic carbocycles. The lowest BCUT2D eigenvalue weighted by Crippen LogP contribution is -2.54. The van der Waals surface area contributed by atoms with Gasteiger partial charge >= 0.3 is 0 Å². The largest absolute Gasteiger partial charge is 0.497 e. The Balaban J connectivity index is 1.58. The van der Waals surface area contributed by atoms with E-state index >= 15 is 4.39 Å². The molecule has 0 radical (unpaired) electrons. The van der Waals surface area contributed by atoms with E-state index in [1.165, 1.54) is 36.3 Å². The zero-order valence-electron chi connectivity index (χ0n) is 26.6. The van der Waals surface area contributed by atoms with Gasteiger partial charge < -0.3 is 15.0 Å². The van der Waals surface area contributed by atoms with Crippen molar-refractivity contribution in [3.8, 4) is 5.75 Å². The number of amides is 2. The van der Waals surface area contributed by atoms with Crippen molar-refractivity contribution < 1.29 is 27.1 Å². The molecule has 0 spiro atoms. The van der Waals surface area contributed by atoms with E-state index in [-0.39, 0.29) is 41.1 Å². The molecular weight excluding hydrogens is 617 g/mol. The van der Waals surface area contributed by atoms with Gasteiger partial charge in [-0.25, -0.2) is 12.8 Å². The summed E-state index contributed by atoms with van der Waals surface area (Å²) >= 11 is 0. The summed E-state index contributed by atoms with van der Waals surface area (Å²) in [5.41, 5.74) is 2.10. The zero-order chi connectivity index (χ0) is 33.4. The number of hydrogen-bond donors (Lipinski definition) is 1. The van der Waals surface area contributed by atoms with Gasteiger partial charge in [-0.3, -0.25) is 13.9 Å². The van der Waals surface area contributed by atoms with Gasteiger partial charge in [-0.1, -0.05) is 85.1 Å². The molecule has 0 aromatic heterocycles. The summed E-state index contributed by atoms with van der Waals surface area (Å²) < 4.78 is 49.9. The second kappa shape index (κ2) is 15.3. The van der Waals surface area contributed by atoms with Crippen LogP contribution in [-0.2, 0) is 32.6 Å². The minimum absolute atomic E-state index is 0.000754. The van der Waals surface area contributed by atoms with Crippen molar-refractivity contribution in [2.75, 3.05) is 18.0 Å². The van der Waals surface area contributed by atoms with Crippen LogP contribution in [0.3, 0.4) is 0 Å². The van der Waals surface area contributed by atoms with Crippen molar-refractivity contribution in [2.45, 2.75) is 62.6 Å². The van der Waals surface area contributed by atoms with Crippen molar-refractivity contribution in [1.29, 1.82) is 0 Å². The maximum absolute atomic E-state index is 15.1. The van der Waals surface area contributed by atoms with E-state index in [1.807, 2.05) is 37.3 Å². The number of benzene rings is 4. The minimum Gasteiger partial charge on any atom is -0.497 e. The first kappa shape index (κ1) is 33.7. The monoisotopic (exact) mass is 657 g/mol. The van der Waals surface area contributed by atoms with Crippen molar-refractivity contribution in [2.24, 2.45) is 0 Å². The third-order valence-electron chi connectivity index (χ3n) is 8.50. The average molecular weight is 658 g/mol. The molecule has 1 fully saturated rings. The molecule has 1 atom stereocenters. The summed E-state index contributed by atoms with van der Waals surface area (Å²) in [4.78, 5) is 30.0. The lowest BCUT2D eigenvalue weighted by molar-refractivity contribution is -0.140. The first-order chi connectivity index (χ1) is 22.7. The van der Waals surface area contributed by atoms with Gasteiger partial charge in [0, 0.05) is 30.6 Å². The molecule has 0 saturated heterocycles. The van der Waals surface area contributed by atoms with Gasteiger partial charge in [0.2, 0.25) is 11.8 Å². The predicted molar refractivity (Wildman–Crippen MR) is 180 cm³/mol. The Labute approximate surface area is 276 Å². The van der Waals surface area contributed by atoms with Crippen molar-refractivity contribution in [1.82, 2.24) is 10.2 Å². The van der Waals surface area contributed by atoms with Crippen LogP contribution in [-0.4, -0.2) is 50.9 Å². The molecule has 4 aromatic rings. The summed E-state index contributed by atoms with van der Waals surface area (Å²) in [6.07, 6.45) is 3.83. The third kappa shape index (κ3) is 8.37. The molecule has 246 valence electrons. The van der Waals surface area contributed by atoms with Crippen molar-refractivity contribution in [3.63, 3.8) is 0 Å². The molecule has 0 aliphatic heterocycles. The smallest absolute Gasteiger partial charge is 0.264 e. The summed E-state index contributed by atoms with van der Waals surface area (Å²) in [6, 6.07) is 27.1. The van der Waals surface area contributed by atoms with E-state index in [0.29, 0.717) is 5.75 Å². The second-order valence-corrected chi connectivity index (χ2v) is 13.7. The van der Waals surface area contributed by atoms with Crippen LogP contribution < -0.4 is 14.4 Å². The number of rotatable bonds is 13. The molecule has 5 rings (SSSR count). The van der Waals surface area contributed by atoms with Gasteiger partial charge in [0.25, 0.3) is 10.0 Å². The zero-order valence-corrected chi connectivity index (χ0v) is 27.5. The lowest BCUT2D eigenvalue weighted by atomic mass is 10.0. The first-order valence-corrected chi connectivity index (χ1v) is 17.2. The van der Waals surface area contributed by atoms with Crippen LogP contribution in [0.4, 0.5) is 10.1 Å². The normalized spacial score (nSPS) is 13.9. The van der Waals surface area contributed by atoms with E-state index in [1.54, 1.807) is 48.5 Å². The van der Waals surface area contributed by atoms with E-state index in [2.05, 4.69) is 5.32 Å². The van der Waals surface area contributed by atoms with Crippen LogP contribution in [0.1, 0.15) is 42.4 Å². The molecule has 1 unspecified atom stereocenters. The summed E-state index contributed by atoms with van der Waals surface area (Å²) in [7, 11) is -2.80. The fourth-order valence-corrected chi connectivity index (χ4v) is 7.27. The number of ether oxygens (including phenoxy) is 1. The Morgan fingerprint density at radius 1 is 0.915 bits per heavy atom. The van der Waals surface area contributed by atoms with Crippen LogP contribution in [0.2, 0.25) is 0 Å². The SMILES string of the molecule is COc1cccc(N(CC(=O)N(Cc2ccccc2F)C(Cc2ccccc2)C(=O)NC2CCCC2)S(=O)(=O)c2ccc(C)cc2)c1. The number of nitrogens with zero attached hydrogens (tertiary/aromatic N) is 2. The van der Waals surface area contributed by atoms with E-state index < -0.39 is 34.3 Å². The van der Waals surface area contributed by atoms with Gasteiger partial charge in [0.05, 0.1) is 17.7 Å². The van der Waals surface area contributed by atoms with Crippen LogP contribution >= 0.6 is 0 Å². The highest BCUT2D eigenvalue weighted by molar-refractivity contribution is 7.92. The lowest BCUT2D eigenvalue weighted by Gasteiger charge is -2.34. The quantitative estimate of drug-likeness (QED) is 0.189. The molecule has 0 heterocycles. The number of nitrogens with one attached hydrogen (secondary N) is 1. The molecule has 10 heteroatoms. The summed E-state index contributed by atoms with van der Waals surface area (Å²) in [5, 5.41) is 3.12. The molecule has 0 bridgehead atoms. The number of methoxy groups -OCH3 is 1. The Kier molecular flexibility index (Phi) is 10.9. The summed E-state index contributed by atoms with van der Waals surface area (Å²) in [6.45, 7) is 0.974. The Morgan fingerprint density at radius 2 is 1.60 bits per heavy atom. The highest BCUT2D eigenvalue weighted by Gasteiger charge is 2.36. The average Bonchev–Trinajstić information content (AvgIpc) is 3.59. The van der Waals surface area contributed by atoms with Gasteiger partial charge in [-0.2, -0.15) is 0 Å². The molecule has 47 heavy (non-hydrogen) atoms. The topological polar surface area (TPSA) is 96.0 Å². The molecule has 2 amide bonds. The van der Waals surface area contributed by atoms with Gasteiger partial charge in [0.1, 0.15) is 24.2 Å². The Bertz CT molecular complexity index is 1780. The third-order valence-corrected chi connectivity index (χ3v) is 10.3. The highest BCUT2D eigenvalue weighted by Crippen LogP contribution is 2.28. The van der Waals surface area contributed by atoms with Crippen molar-refractivity contribution >= 4 is 27.5 Å². The highest BCUT2D eigenvalue weighted by atomic mass is 32.2. The second-order valence-electron chi connectivity index (χ2n) is 11.8. The number of sulfonamides is 1. The number of anilines is 1. The Morgan fingerprint density at radius 3 is 2.28 bits per heavy atom. The van der Waals surface area contributed by atoms with Crippen LogP contribution in [0.25, 0.3) is 0 Å². The van der Waals surface area contributed by atoms with Crippen LogP contribution in [0.15, 0.2) is 108 Å². The van der Waals surface area contributed by atoms with Gasteiger partial charge in [0.15, 0.2) is 0 Å². The molecule has 1 N–H and O–H groups in total. The number of halogens is 1. The maximum atomic E-state index is 15.1. The number of hydrogen-bond acceptors (Lipinski definition) is 5. The van der Waals surface area contributed by atoms with E-state index in [0.717, 1.165) is 41.1 Å². The number of carbonyl (C=O) groups is 2. The maximum Gasteiger partial charge on any atom is 0.264 e. The van der Waals surface area contributed by atoms with E-state index in [9.17, 15) is 18.0 Å². The molecule has 4 aromatic carbocycles. The standard InChI is InChI=1S/C37H40FN3O5S/c1-27-19-21-33(22-20-27)47(44,45)41(31-16-10-17-32(24-31)46-2)26-36(42)40(25-29-13-6-9-18-34(29)38)35(23-28-11-4-3-5-12-28)37(43)39-30-14-7-8-15-30/h3-6,9-13,16-22,24,30,35H,7-8,14-15,23,25-26H2,1-2H3,(H,39,43). The minimum atomic E-state index is -4.27. The van der Waals surface area contributed by atoms with Crippen molar-refractivity contribution in [3.05, 3.63) is 126 Å².